The number of thiocarbonyl (C=S) groups is 1. The van der Waals surface area contributed by atoms with E-state index in [1.165, 1.54) is 25.7 Å². The maximum absolute atomic E-state index is 5.66. The van der Waals surface area contributed by atoms with Crippen molar-refractivity contribution >= 4 is 34.9 Å². The summed E-state index contributed by atoms with van der Waals surface area (Å²) in [5.41, 5.74) is 0. The molecule has 0 unspecified atom stereocenters. The van der Waals surface area contributed by atoms with Crippen LogP contribution in [0.1, 0.15) is 38.5 Å². The Kier molecular flexibility index (Phi) is 7.34. The van der Waals surface area contributed by atoms with Gasteiger partial charge in [0.15, 0.2) is 5.11 Å². The average Bonchev–Trinajstić information content (AvgIpc) is 3.13. The quantitative estimate of drug-likeness (QED) is 0.697. The van der Waals surface area contributed by atoms with Gasteiger partial charge in [0.05, 0.1) is 19.3 Å². The summed E-state index contributed by atoms with van der Waals surface area (Å²) >= 11 is 5.49. The average molecular weight is 421 g/mol. The summed E-state index contributed by atoms with van der Waals surface area (Å²) in [6, 6.07) is 2.12. The van der Waals surface area contributed by atoms with Gasteiger partial charge in [-0.1, -0.05) is 12.8 Å². The molecule has 0 radical (unpaired) electrons. The summed E-state index contributed by atoms with van der Waals surface area (Å²) in [4.78, 5) is 14.2. The highest BCUT2D eigenvalue weighted by molar-refractivity contribution is 7.80. The molecule has 3 saturated heterocycles. The molecule has 1 atom stereocenters. The number of rotatable bonds is 5. The first-order valence-corrected chi connectivity index (χ1v) is 11.3. The fraction of sp³-hybridized carbons (Fsp3) is 0.750. The van der Waals surface area contributed by atoms with Crippen LogP contribution in [-0.4, -0.2) is 73.7 Å². The van der Waals surface area contributed by atoms with Crippen molar-refractivity contribution in [2.24, 2.45) is 0 Å². The van der Waals surface area contributed by atoms with Gasteiger partial charge < -0.3 is 29.9 Å². The molecular formula is C20H32N6O2S. The van der Waals surface area contributed by atoms with Crippen molar-refractivity contribution in [3.8, 4) is 0 Å². The van der Waals surface area contributed by atoms with Gasteiger partial charge in [-0.05, 0) is 37.9 Å². The normalized spacial score (nSPS) is 23.0. The van der Waals surface area contributed by atoms with Gasteiger partial charge >= 0.3 is 0 Å². The van der Waals surface area contributed by atoms with Crippen LogP contribution >= 0.6 is 12.2 Å². The zero-order chi connectivity index (χ0) is 19.9. The number of hydrogen-bond donors (Lipinski definition) is 2. The Morgan fingerprint density at radius 2 is 1.66 bits per heavy atom. The lowest BCUT2D eigenvalue weighted by Crippen LogP contribution is -2.38. The van der Waals surface area contributed by atoms with E-state index >= 15 is 0 Å². The van der Waals surface area contributed by atoms with Crippen LogP contribution in [0.4, 0.5) is 17.6 Å². The van der Waals surface area contributed by atoms with Crippen molar-refractivity contribution in [2.75, 3.05) is 67.7 Å². The number of hydrogen-bond acceptors (Lipinski definition) is 7. The van der Waals surface area contributed by atoms with Crippen LogP contribution < -0.4 is 20.4 Å². The lowest BCUT2D eigenvalue weighted by Gasteiger charge is -2.29. The van der Waals surface area contributed by atoms with E-state index in [0.717, 1.165) is 70.5 Å². The van der Waals surface area contributed by atoms with E-state index in [-0.39, 0.29) is 6.10 Å². The Hall–Kier alpha value is -1.71. The van der Waals surface area contributed by atoms with E-state index in [2.05, 4.69) is 26.5 Å². The second-order valence-corrected chi connectivity index (χ2v) is 8.29. The molecule has 0 aromatic carbocycles. The van der Waals surface area contributed by atoms with Gasteiger partial charge in [-0.3, -0.25) is 0 Å². The standard InChI is InChI=1S/C20H32N6O2S/c29-20(21-15-16-6-5-11-28-16)24-19-22-17(25-7-3-1-2-4-8-25)14-18(23-19)26-9-12-27-13-10-26/h14,16H,1-13,15H2,(H2,21,22,23,24,29)/t16-/m1/s1. The van der Waals surface area contributed by atoms with E-state index < -0.39 is 0 Å². The second kappa shape index (κ2) is 10.4. The van der Waals surface area contributed by atoms with Crippen LogP contribution in [0.15, 0.2) is 6.07 Å². The van der Waals surface area contributed by atoms with Gasteiger partial charge in [-0.25, -0.2) is 0 Å². The van der Waals surface area contributed by atoms with Crippen molar-refractivity contribution in [3.05, 3.63) is 6.07 Å². The van der Waals surface area contributed by atoms with Crippen molar-refractivity contribution < 1.29 is 9.47 Å². The molecule has 1 aromatic rings. The number of morpholine rings is 1. The molecule has 0 bridgehead atoms. The molecule has 4 rings (SSSR count). The van der Waals surface area contributed by atoms with Crippen LogP contribution in [0.5, 0.6) is 0 Å². The molecule has 8 nitrogen and oxygen atoms in total. The lowest BCUT2D eigenvalue weighted by atomic mass is 10.2. The Morgan fingerprint density at radius 1 is 0.966 bits per heavy atom. The summed E-state index contributed by atoms with van der Waals surface area (Å²) in [6.45, 7) is 6.79. The van der Waals surface area contributed by atoms with E-state index in [1.807, 2.05) is 0 Å². The van der Waals surface area contributed by atoms with Crippen LogP contribution in [0.2, 0.25) is 0 Å². The Morgan fingerprint density at radius 3 is 2.31 bits per heavy atom. The highest BCUT2D eigenvalue weighted by Gasteiger charge is 2.20. The van der Waals surface area contributed by atoms with E-state index in [9.17, 15) is 0 Å². The van der Waals surface area contributed by atoms with Crippen LogP contribution in [-0.2, 0) is 9.47 Å². The summed E-state index contributed by atoms with van der Waals surface area (Å²) in [6.07, 6.45) is 7.44. The van der Waals surface area contributed by atoms with E-state index in [4.69, 9.17) is 31.7 Å². The van der Waals surface area contributed by atoms with Crippen molar-refractivity contribution in [2.45, 2.75) is 44.6 Å². The highest BCUT2D eigenvalue weighted by Crippen LogP contribution is 2.24. The number of anilines is 3. The lowest BCUT2D eigenvalue weighted by molar-refractivity contribution is 0.114. The SMILES string of the molecule is S=C(NC[C@H]1CCCO1)Nc1nc(N2CCCCCC2)cc(N2CCOCC2)n1. The first-order chi connectivity index (χ1) is 14.3. The predicted octanol–water partition coefficient (Wildman–Crippen LogP) is 2.16. The van der Waals surface area contributed by atoms with Crippen LogP contribution in [0.25, 0.3) is 0 Å². The molecule has 4 heterocycles. The third-order valence-electron chi connectivity index (χ3n) is 5.70. The largest absolute Gasteiger partial charge is 0.378 e. The van der Waals surface area contributed by atoms with Gasteiger partial charge in [0.2, 0.25) is 5.95 Å². The predicted molar refractivity (Wildman–Crippen MR) is 119 cm³/mol. The summed E-state index contributed by atoms with van der Waals surface area (Å²) < 4.78 is 11.2. The fourth-order valence-electron chi connectivity index (χ4n) is 4.05. The maximum Gasteiger partial charge on any atom is 0.232 e. The number of ether oxygens (including phenoxy) is 2. The monoisotopic (exact) mass is 420 g/mol. The molecule has 9 heteroatoms. The third-order valence-corrected chi connectivity index (χ3v) is 5.95. The minimum Gasteiger partial charge on any atom is -0.378 e. The summed E-state index contributed by atoms with van der Waals surface area (Å²) in [7, 11) is 0. The third kappa shape index (κ3) is 5.90. The zero-order valence-electron chi connectivity index (χ0n) is 17.1. The molecular weight excluding hydrogens is 388 g/mol. The summed E-state index contributed by atoms with van der Waals surface area (Å²) in [5, 5.41) is 6.99. The van der Waals surface area contributed by atoms with Crippen molar-refractivity contribution in [1.29, 1.82) is 0 Å². The Bertz CT molecular complexity index is 671. The molecule has 3 aliphatic rings. The van der Waals surface area contributed by atoms with Gasteiger partial charge in [-0.2, -0.15) is 9.97 Å². The first-order valence-electron chi connectivity index (χ1n) is 10.9. The highest BCUT2D eigenvalue weighted by atomic mass is 32.1. The fourth-order valence-corrected chi connectivity index (χ4v) is 4.23. The molecule has 3 aliphatic heterocycles. The van der Waals surface area contributed by atoms with Gasteiger partial charge in [0.1, 0.15) is 11.6 Å². The zero-order valence-corrected chi connectivity index (χ0v) is 17.9. The molecule has 1 aromatic heterocycles. The van der Waals surface area contributed by atoms with Crippen molar-refractivity contribution in [1.82, 2.24) is 15.3 Å². The minimum atomic E-state index is 0.239. The summed E-state index contributed by atoms with van der Waals surface area (Å²) in [5.74, 6) is 2.47. The molecule has 160 valence electrons. The van der Waals surface area contributed by atoms with E-state index in [0.29, 0.717) is 17.6 Å². The molecule has 0 saturated carbocycles. The van der Waals surface area contributed by atoms with Crippen molar-refractivity contribution in [3.63, 3.8) is 0 Å². The molecule has 2 N–H and O–H groups in total. The van der Waals surface area contributed by atoms with Crippen LogP contribution in [0, 0.1) is 0 Å². The molecule has 0 amide bonds. The smallest absolute Gasteiger partial charge is 0.232 e. The Labute approximate surface area is 178 Å². The Balaban J connectivity index is 1.47. The number of nitrogens with zero attached hydrogens (tertiary/aromatic N) is 4. The van der Waals surface area contributed by atoms with E-state index in [1.54, 1.807) is 0 Å². The number of aromatic nitrogens is 2. The molecule has 29 heavy (non-hydrogen) atoms. The van der Waals surface area contributed by atoms with Gasteiger partial charge in [0, 0.05) is 45.4 Å². The first kappa shape index (κ1) is 20.6. The number of nitrogens with one attached hydrogen (secondary N) is 2. The van der Waals surface area contributed by atoms with Crippen LogP contribution in [0.3, 0.4) is 0 Å². The maximum atomic E-state index is 5.66. The minimum absolute atomic E-state index is 0.239. The molecule has 0 aliphatic carbocycles. The molecule has 0 spiro atoms. The second-order valence-electron chi connectivity index (χ2n) is 7.88. The topological polar surface area (TPSA) is 74.8 Å². The van der Waals surface area contributed by atoms with Gasteiger partial charge in [-0.15, -0.1) is 0 Å². The molecule has 3 fully saturated rings. The van der Waals surface area contributed by atoms with Gasteiger partial charge in [0.25, 0.3) is 0 Å².